The van der Waals surface area contributed by atoms with Crippen LogP contribution in [0.2, 0.25) is 0 Å². The topological polar surface area (TPSA) is 72.8 Å². The molecular weight excluding hydrogens is 212 g/mol. The first kappa shape index (κ1) is 13.0. The molecule has 1 aliphatic rings. The summed E-state index contributed by atoms with van der Waals surface area (Å²) in [7, 11) is 0. The van der Waals surface area contributed by atoms with Crippen molar-refractivity contribution < 1.29 is 24.2 Å². The van der Waals surface area contributed by atoms with Crippen molar-refractivity contribution in [3.05, 3.63) is 0 Å². The molecule has 5 nitrogen and oxygen atoms in total. The molecule has 0 saturated carbocycles. The van der Waals surface area contributed by atoms with Crippen LogP contribution in [0.25, 0.3) is 0 Å². The summed E-state index contributed by atoms with van der Waals surface area (Å²) in [4.78, 5) is 23.3. The summed E-state index contributed by atoms with van der Waals surface area (Å²) in [5, 5.41) is 9.75. The Morgan fingerprint density at radius 1 is 1.69 bits per heavy atom. The predicted octanol–water partition coefficient (Wildman–Crippen LogP) is 0.642. The third-order valence-electron chi connectivity index (χ3n) is 2.81. The van der Waals surface area contributed by atoms with Gasteiger partial charge in [-0.2, -0.15) is 0 Å². The minimum absolute atomic E-state index is 0.147. The highest BCUT2D eigenvalue weighted by molar-refractivity contribution is 6.01. The molecule has 1 saturated heterocycles. The fraction of sp³-hybridized carbons (Fsp3) is 0.818. The van der Waals surface area contributed by atoms with E-state index in [2.05, 4.69) is 0 Å². The molecule has 92 valence electrons. The van der Waals surface area contributed by atoms with E-state index in [1.165, 1.54) is 6.92 Å². The Kier molecular flexibility index (Phi) is 3.28. The van der Waals surface area contributed by atoms with Crippen LogP contribution in [0.1, 0.15) is 34.1 Å². The van der Waals surface area contributed by atoms with Crippen molar-refractivity contribution >= 4 is 11.9 Å². The number of carbonyl (C=O) groups excluding carboxylic acids is 2. The van der Waals surface area contributed by atoms with Crippen LogP contribution in [0.4, 0.5) is 0 Å². The number of esters is 2. The molecule has 1 rings (SSSR count). The molecule has 0 aromatic rings. The Bertz CT molecular complexity index is 304. The van der Waals surface area contributed by atoms with E-state index in [9.17, 15) is 14.7 Å². The fourth-order valence-electron chi connectivity index (χ4n) is 1.61. The Morgan fingerprint density at radius 3 is 2.62 bits per heavy atom. The lowest BCUT2D eigenvalue weighted by atomic mass is 9.83. The molecule has 2 atom stereocenters. The molecule has 1 heterocycles. The zero-order valence-electron chi connectivity index (χ0n) is 10.1. The molecule has 0 amide bonds. The zero-order chi connectivity index (χ0) is 12.6. The Balaban J connectivity index is 2.85. The Morgan fingerprint density at radius 2 is 2.25 bits per heavy atom. The Hall–Kier alpha value is -1.10. The first-order valence-electron chi connectivity index (χ1n) is 5.32. The highest BCUT2D eigenvalue weighted by atomic mass is 16.6. The summed E-state index contributed by atoms with van der Waals surface area (Å²) in [6.07, 6.45) is -0.525. The fourth-order valence-corrected chi connectivity index (χ4v) is 1.61. The smallest absolute Gasteiger partial charge is 0.323 e. The SMILES string of the molecule is CCOC(=O)C1(C)CC(C(C)(C)O)OC1=O. The van der Waals surface area contributed by atoms with Gasteiger partial charge in [-0.25, -0.2) is 0 Å². The molecule has 1 N–H and O–H groups in total. The third kappa shape index (κ3) is 2.19. The van der Waals surface area contributed by atoms with Crippen LogP contribution in [-0.4, -0.2) is 35.4 Å². The van der Waals surface area contributed by atoms with Gasteiger partial charge in [-0.3, -0.25) is 9.59 Å². The van der Waals surface area contributed by atoms with Gasteiger partial charge >= 0.3 is 11.9 Å². The van der Waals surface area contributed by atoms with E-state index in [0.29, 0.717) is 0 Å². The number of cyclic esters (lactones) is 1. The maximum absolute atomic E-state index is 11.6. The zero-order valence-corrected chi connectivity index (χ0v) is 10.1. The number of rotatable bonds is 3. The van der Waals surface area contributed by atoms with E-state index in [4.69, 9.17) is 9.47 Å². The number of hydrogen-bond donors (Lipinski definition) is 1. The van der Waals surface area contributed by atoms with Crippen LogP contribution >= 0.6 is 0 Å². The van der Waals surface area contributed by atoms with Crippen LogP contribution < -0.4 is 0 Å². The van der Waals surface area contributed by atoms with E-state index in [1.54, 1.807) is 20.8 Å². The lowest BCUT2D eigenvalue weighted by Gasteiger charge is -2.24. The van der Waals surface area contributed by atoms with Crippen molar-refractivity contribution in [2.75, 3.05) is 6.61 Å². The van der Waals surface area contributed by atoms with Gasteiger partial charge in [0, 0.05) is 6.42 Å². The van der Waals surface area contributed by atoms with Crippen molar-refractivity contribution in [2.45, 2.75) is 45.8 Å². The van der Waals surface area contributed by atoms with Crippen molar-refractivity contribution in [3.63, 3.8) is 0 Å². The molecule has 2 unspecified atom stereocenters. The van der Waals surface area contributed by atoms with Gasteiger partial charge in [-0.1, -0.05) is 0 Å². The quantitative estimate of drug-likeness (QED) is 0.569. The minimum atomic E-state index is -1.29. The molecule has 5 heteroatoms. The second kappa shape index (κ2) is 4.05. The molecular formula is C11H18O5. The van der Waals surface area contributed by atoms with E-state index < -0.39 is 29.1 Å². The van der Waals surface area contributed by atoms with E-state index in [1.807, 2.05) is 0 Å². The summed E-state index contributed by atoms with van der Waals surface area (Å²) < 4.78 is 9.86. The molecule has 16 heavy (non-hydrogen) atoms. The maximum Gasteiger partial charge on any atom is 0.323 e. The standard InChI is InChI=1S/C11H18O5/c1-5-15-8(12)11(4)6-7(10(2,3)14)16-9(11)13/h7,14H,5-6H2,1-4H3. The number of hydrogen-bond acceptors (Lipinski definition) is 5. The molecule has 0 radical (unpaired) electrons. The van der Waals surface area contributed by atoms with Crippen LogP contribution in [-0.2, 0) is 19.1 Å². The van der Waals surface area contributed by atoms with E-state index in [0.717, 1.165) is 0 Å². The van der Waals surface area contributed by atoms with Gasteiger partial charge in [0.15, 0.2) is 5.41 Å². The third-order valence-corrected chi connectivity index (χ3v) is 2.81. The van der Waals surface area contributed by atoms with Crippen molar-refractivity contribution in [1.82, 2.24) is 0 Å². The molecule has 1 aliphatic heterocycles. The van der Waals surface area contributed by atoms with Crippen molar-refractivity contribution in [3.8, 4) is 0 Å². The monoisotopic (exact) mass is 230 g/mol. The number of aliphatic hydroxyl groups is 1. The molecule has 0 bridgehead atoms. The van der Waals surface area contributed by atoms with Gasteiger partial charge in [0.25, 0.3) is 0 Å². The lowest BCUT2D eigenvalue weighted by Crippen LogP contribution is -2.37. The first-order valence-corrected chi connectivity index (χ1v) is 5.32. The van der Waals surface area contributed by atoms with Crippen molar-refractivity contribution in [2.24, 2.45) is 5.41 Å². The van der Waals surface area contributed by atoms with E-state index in [-0.39, 0.29) is 13.0 Å². The lowest BCUT2D eigenvalue weighted by molar-refractivity contribution is -0.165. The molecule has 0 aliphatic carbocycles. The maximum atomic E-state index is 11.6. The van der Waals surface area contributed by atoms with Gasteiger partial charge in [0.05, 0.1) is 12.2 Å². The van der Waals surface area contributed by atoms with Gasteiger partial charge in [-0.05, 0) is 27.7 Å². The molecule has 1 fully saturated rings. The van der Waals surface area contributed by atoms with Gasteiger partial charge in [0.1, 0.15) is 6.10 Å². The van der Waals surface area contributed by atoms with Crippen LogP contribution in [0.15, 0.2) is 0 Å². The summed E-state index contributed by atoms with van der Waals surface area (Å²) in [6.45, 7) is 6.46. The summed E-state index contributed by atoms with van der Waals surface area (Å²) in [6, 6.07) is 0. The average Bonchev–Trinajstić information content (AvgIpc) is 2.44. The van der Waals surface area contributed by atoms with Crippen LogP contribution in [0, 0.1) is 5.41 Å². The average molecular weight is 230 g/mol. The minimum Gasteiger partial charge on any atom is -0.465 e. The molecule has 0 aromatic heterocycles. The van der Waals surface area contributed by atoms with Gasteiger partial charge in [0.2, 0.25) is 0 Å². The number of carbonyl (C=O) groups is 2. The highest BCUT2D eigenvalue weighted by Gasteiger charge is 2.55. The predicted molar refractivity (Wildman–Crippen MR) is 55.5 cm³/mol. The van der Waals surface area contributed by atoms with E-state index >= 15 is 0 Å². The summed E-state index contributed by atoms with van der Waals surface area (Å²) >= 11 is 0. The van der Waals surface area contributed by atoms with Gasteiger partial charge in [-0.15, -0.1) is 0 Å². The highest BCUT2D eigenvalue weighted by Crippen LogP contribution is 2.38. The Labute approximate surface area is 94.7 Å². The molecule has 0 aromatic carbocycles. The van der Waals surface area contributed by atoms with Crippen molar-refractivity contribution in [1.29, 1.82) is 0 Å². The summed E-state index contributed by atoms with van der Waals surface area (Å²) in [5.74, 6) is -1.22. The molecule has 0 spiro atoms. The first-order chi connectivity index (χ1) is 7.21. The second-order valence-corrected chi connectivity index (χ2v) is 4.80. The second-order valence-electron chi connectivity index (χ2n) is 4.80. The largest absolute Gasteiger partial charge is 0.465 e. The van der Waals surface area contributed by atoms with Crippen LogP contribution in [0.5, 0.6) is 0 Å². The summed E-state index contributed by atoms with van der Waals surface area (Å²) in [5.41, 5.74) is -2.44. The van der Waals surface area contributed by atoms with Crippen LogP contribution in [0.3, 0.4) is 0 Å². The van der Waals surface area contributed by atoms with Gasteiger partial charge < -0.3 is 14.6 Å². The normalized spacial score (nSPS) is 30.1. The number of ether oxygens (including phenoxy) is 2.